The Labute approximate surface area is 126 Å². The van der Waals surface area contributed by atoms with Gasteiger partial charge in [0, 0.05) is 21.7 Å². The quantitative estimate of drug-likeness (QED) is 0.844. The Morgan fingerprint density at radius 2 is 1.47 bits per heavy atom. The van der Waals surface area contributed by atoms with E-state index in [9.17, 15) is 4.39 Å². The van der Waals surface area contributed by atoms with E-state index in [1.807, 2.05) is 0 Å². The maximum atomic E-state index is 13.9. The molecule has 5 heteroatoms. The third-order valence-electron chi connectivity index (χ3n) is 2.87. The van der Waals surface area contributed by atoms with Gasteiger partial charge in [0.15, 0.2) is 0 Å². The van der Waals surface area contributed by atoms with Crippen molar-refractivity contribution in [2.24, 2.45) is 5.73 Å². The van der Waals surface area contributed by atoms with Crippen molar-refractivity contribution >= 4 is 34.8 Å². The average Bonchev–Trinajstić information content (AvgIpc) is 2.37. The molecule has 0 bridgehead atoms. The van der Waals surface area contributed by atoms with Gasteiger partial charge in [-0.1, -0.05) is 53.0 Å². The van der Waals surface area contributed by atoms with E-state index in [2.05, 4.69) is 0 Å². The summed E-state index contributed by atoms with van der Waals surface area (Å²) in [5.74, 6) is -0.500. The van der Waals surface area contributed by atoms with Crippen LogP contribution in [0, 0.1) is 5.82 Å². The van der Waals surface area contributed by atoms with Crippen LogP contribution >= 0.6 is 34.8 Å². The molecule has 2 rings (SSSR count). The highest BCUT2D eigenvalue weighted by atomic mass is 35.5. The van der Waals surface area contributed by atoms with Gasteiger partial charge in [-0.05, 0) is 30.2 Å². The van der Waals surface area contributed by atoms with Crippen molar-refractivity contribution in [3.63, 3.8) is 0 Å². The van der Waals surface area contributed by atoms with Crippen LogP contribution in [0.1, 0.15) is 17.2 Å². The van der Waals surface area contributed by atoms with E-state index in [0.29, 0.717) is 27.6 Å². The molecule has 1 unspecified atom stereocenters. The van der Waals surface area contributed by atoms with Crippen LogP contribution < -0.4 is 5.73 Å². The number of halogens is 4. The summed E-state index contributed by atoms with van der Waals surface area (Å²) in [4.78, 5) is 0. The Morgan fingerprint density at radius 1 is 0.947 bits per heavy atom. The van der Waals surface area contributed by atoms with Gasteiger partial charge < -0.3 is 5.73 Å². The van der Waals surface area contributed by atoms with Gasteiger partial charge in [0.25, 0.3) is 0 Å². The highest BCUT2D eigenvalue weighted by Gasteiger charge is 2.17. The molecule has 0 aliphatic heterocycles. The van der Waals surface area contributed by atoms with Crippen molar-refractivity contribution in [2.45, 2.75) is 12.5 Å². The summed E-state index contributed by atoms with van der Waals surface area (Å²) in [6, 6.07) is 9.39. The number of hydrogen-bond acceptors (Lipinski definition) is 1. The summed E-state index contributed by atoms with van der Waals surface area (Å²) < 4.78 is 13.9. The number of hydrogen-bond donors (Lipinski definition) is 1. The predicted octanol–water partition coefficient (Wildman–Crippen LogP) is 5.03. The van der Waals surface area contributed by atoms with Gasteiger partial charge in [-0.2, -0.15) is 0 Å². The topological polar surface area (TPSA) is 26.0 Å². The van der Waals surface area contributed by atoms with Gasteiger partial charge in [-0.3, -0.25) is 0 Å². The molecule has 1 atom stereocenters. The zero-order chi connectivity index (χ0) is 14.0. The molecule has 0 amide bonds. The van der Waals surface area contributed by atoms with E-state index >= 15 is 0 Å². The largest absolute Gasteiger partial charge is 0.324 e. The molecule has 2 aromatic rings. The number of rotatable bonds is 3. The van der Waals surface area contributed by atoms with Crippen molar-refractivity contribution in [2.75, 3.05) is 0 Å². The first-order valence-corrected chi connectivity index (χ1v) is 6.76. The van der Waals surface area contributed by atoms with Crippen LogP contribution in [-0.2, 0) is 6.42 Å². The van der Waals surface area contributed by atoms with Gasteiger partial charge >= 0.3 is 0 Å². The Balaban J connectivity index is 2.31. The van der Waals surface area contributed by atoms with Crippen molar-refractivity contribution in [1.29, 1.82) is 0 Å². The van der Waals surface area contributed by atoms with E-state index in [0.717, 1.165) is 0 Å². The summed E-state index contributed by atoms with van der Waals surface area (Å²) in [5, 5.41) is 1.09. The fourth-order valence-electron chi connectivity index (χ4n) is 1.86. The molecule has 0 aromatic heterocycles. The van der Waals surface area contributed by atoms with Gasteiger partial charge in [-0.15, -0.1) is 0 Å². The Kier molecular flexibility index (Phi) is 4.69. The number of nitrogens with two attached hydrogens (primary N) is 1. The molecule has 1 nitrogen and oxygen atoms in total. The molecule has 0 aliphatic rings. The van der Waals surface area contributed by atoms with Gasteiger partial charge in [0.2, 0.25) is 0 Å². The SMILES string of the molecule is NC(Cc1c(Cl)cccc1Cl)c1cccc(Cl)c1F. The molecular weight excluding hydrogens is 308 g/mol. The van der Waals surface area contributed by atoms with Crippen molar-refractivity contribution in [1.82, 2.24) is 0 Å². The van der Waals surface area contributed by atoms with Crippen LogP contribution in [-0.4, -0.2) is 0 Å². The summed E-state index contributed by atoms with van der Waals surface area (Å²) in [6.07, 6.45) is 0.343. The fraction of sp³-hybridized carbons (Fsp3) is 0.143. The molecule has 0 fully saturated rings. The molecule has 0 aliphatic carbocycles. The van der Waals surface area contributed by atoms with E-state index in [4.69, 9.17) is 40.5 Å². The number of benzene rings is 2. The fourth-order valence-corrected chi connectivity index (χ4v) is 2.60. The molecule has 0 saturated carbocycles. The second-order valence-electron chi connectivity index (χ2n) is 4.15. The van der Waals surface area contributed by atoms with Crippen molar-refractivity contribution in [3.8, 4) is 0 Å². The third kappa shape index (κ3) is 3.21. The lowest BCUT2D eigenvalue weighted by atomic mass is 9.99. The lowest BCUT2D eigenvalue weighted by Crippen LogP contribution is -2.15. The summed E-state index contributed by atoms with van der Waals surface area (Å²) in [6.45, 7) is 0. The Morgan fingerprint density at radius 3 is 2.11 bits per heavy atom. The first kappa shape index (κ1) is 14.6. The Bertz CT molecular complexity index is 581. The van der Waals surface area contributed by atoms with Crippen LogP contribution in [0.5, 0.6) is 0 Å². The minimum absolute atomic E-state index is 0.0539. The normalized spacial score (nSPS) is 12.5. The highest BCUT2D eigenvalue weighted by Crippen LogP contribution is 2.30. The molecule has 0 saturated heterocycles. The first-order valence-electron chi connectivity index (χ1n) is 5.63. The monoisotopic (exact) mass is 317 g/mol. The van der Waals surface area contributed by atoms with Crippen LogP contribution in [0.25, 0.3) is 0 Å². The van der Waals surface area contributed by atoms with Crippen molar-refractivity contribution < 1.29 is 4.39 Å². The summed E-state index contributed by atoms with van der Waals surface area (Å²) in [5.41, 5.74) is 7.08. The van der Waals surface area contributed by atoms with Gasteiger partial charge in [0.05, 0.1) is 5.02 Å². The molecule has 2 N–H and O–H groups in total. The smallest absolute Gasteiger partial charge is 0.146 e. The van der Waals surface area contributed by atoms with E-state index in [-0.39, 0.29) is 5.02 Å². The summed E-state index contributed by atoms with van der Waals surface area (Å²) in [7, 11) is 0. The minimum atomic E-state index is -0.559. The van der Waals surface area contributed by atoms with E-state index < -0.39 is 11.9 Å². The zero-order valence-corrected chi connectivity index (χ0v) is 12.1. The maximum absolute atomic E-state index is 13.9. The predicted molar refractivity (Wildman–Crippen MR) is 78.5 cm³/mol. The molecule has 100 valence electrons. The molecule has 0 heterocycles. The lowest BCUT2D eigenvalue weighted by molar-refractivity contribution is 0.581. The minimum Gasteiger partial charge on any atom is -0.324 e. The van der Waals surface area contributed by atoms with Crippen molar-refractivity contribution in [3.05, 3.63) is 68.4 Å². The van der Waals surface area contributed by atoms with Crippen LogP contribution in [0.4, 0.5) is 4.39 Å². The summed E-state index contributed by atoms with van der Waals surface area (Å²) >= 11 is 17.9. The molecule has 19 heavy (non-hydrogen) atoms. The van der Waals surface area contributed by atoms with Crippen LogP contribution in [0.15, 0.2) is 36.4 Å². The highest BCUT2D eigenvalue weighted by molar-refractivity contribution is 6.36. The zero-order valence-electron chi connectivity index (χ0n) is 9.84. The molecular formula is C14H11Cl3FN. The Hall–Kier alpha value is -0.800. The van der Waals surface area contributed by atoms with Gasteiger partial charge in [0.1, 0.15) is 5.82 Å². The second-order valence-corrected chi connectivity index (χ2v) is 5.38. The van der Waals surface area contributed by atoms with Crippen LogP contribution in [0.2, 0.25) is 15.1 Å². The molecule has 2 aromatic carbocycles. The van der Waals surface area contributed by atoms with E-state index in [1.165, 1.54) is 6.07 Å². The third-order valence-corrected chi connectivity index (χ3v) is 3.87. The maximum Gasteiger partial charge on any atom is 0.146 e. The molecule has 0 spiro atoms. The standard InChI is InChI=1S/C14H11Cl3FN/c15-10-4-2-5-11(16)9(10)7-13(19)8-3-1-6-12(17)14(8)18/h1-6,13H,7,19H2. The second kappa shape index (κ2) is 6.10. The van der Waals surface area contributed by atoms with Crippen LogP contribution in [0.3, 0.4) is 0 Å². The first-order chi connectivity index (χ1) is 9.00. The molecule has 0 radical (unpaired) electrons. The van der Waals surface area contributed by atoms with E-state index in [1.54, 1.807) is 30.3 Å². The van der Waals surface area contributed by atoms with Gasteiger partial charge in [-0.25, -0.2) is 4.39 Å². The average molecular weight is 319 g/mol. The lowest BCUT2D eigenvalue weighted by Gasteiger charge is -2.15.